The van der Waals surface area contributed by atoms with Crippen molar-refractivity contribution in [2.24, 2.45) is 0 Å². The van der Waals surface area contributed by atoms with E-state index in [1.807, 2.05) is 0 Å². The Hall–Kier alpha value is -1.44. The van der Waals surface area contributed by atoms with Crippen molar-refractivity contribution >= 4 is 15.9 Å². The SMILES string of the molecule is CN1CCC(NC(=O)CCc2ccc(S(=O)(=O)NC3CC3)cc2)CC1. The summed E-state index contributed by atoms with van der Waals surface area (Å²) in [5.74, 6) is 0.0710. The predicted octanol–water partition coefficient (Wildman–Crippen LogP) is 1.27. The first-order valence-electron chi connectivity index (χ1n) is 9.01. The minimum atomic E-state index is -3.40. The summed E-state index contributed by atoms with van der Waals surface area (Å²) in [4.78, 5) is 14.7. The van der Waals surface area contributed by atoms with E-state index in [4.69, 9.17) is 0 Å². The number of aryl methyl sites for hydroxylation is 1. The number of hydrogen-bond donors (Lipinski definition) is 2. The van der Waals surface area contributed by atoms with E-state index in [1.54, 1.807) is 24.3 Å². The number of carbonyl (C=O) groups excluding carboxylic acids is 1. The maximum atomic E-state index is 12.1. The molecule has 0 spiro atoms. The second kappa shape index (κ2) is 7.85. The van der Waals surface area contributed by atoms with E-state index >= 15 is 0 Å². The summed E-state index contributed by atoms with van der Waals surface area (Å²) in [6.45, 7) is 2.05. The van der Waals surface area contributed by atoms with Gasteiger partial charge in [-0.1, -0.05) is 12.1 Å². The number of nitrogens with one attached hydrogen (secondary N) is 2. The lowest BCUT2D eigenvalue weighted by atomic mass is 10.0. The molecule has 0 atom stereocenters. The van der Waals surface area contributed by atoms with Gasteiger partial charge in [0.2, 0.25) is 15.9 Å². The van der Waals surface area contributed by atoms with Crippen LogP contribution in [0.5, 0.6) is 0 Å². The van der Waals surface area contributed by atoms with Crippen LogP contribution in [0.1, 0.15) is 37.7 Å². The second-order valence-corrected chi connectivity index (χ2v) is 8.90. The Labute approximate surface area is 150 Å². The van der Waals surface area contributed by atoms with Crippen LogP contribution in [0.15, 0.2) is 29.2 Å². The van der Waals surface area contributed by atoms with Crippen molar-refractivity contribution in [2.75, 3.05) is 20.1 Å². The van der Waals surface area contributed by atoms with Crippen LogP contribution in [0, 0.1) is 0 Å². The fraction of sp³-hybridized carbons (Fsp3) is 0.611. The molecule has 1 aliphatic carbocycles. The summed E-state index contributed by atoms with van der Waals surface area (Å²) in [6, 6.07) is 7.22. The highest BCUT2D eigenvalue weighted by Crippen LogP contribution is 2.22. The summed E-state index contributed by atoms with van der Waals surface area (Å²) in [5, 5.41) is 3.10. The van der Waals surface area contributed by atoms with E-state index in [9.17, 15) is 13.2 Å². The van der Waals surface area contributed by atoms with E-state index in [1.165, 1.54) is 0 Å². The Bertz CT molecular complexity index is 691. The fourth-order valence-electron chi connectivity index (χ4n) is 3.03. The molecule has 2 fully saturated rings. The average Bonchev–Trinajstić information content (AvgIpc) is 3.39. The summed E-state index contributed by atoms with van der Waals surface area (Å²) in [7, 11) is -1.30. The van der Waals surface area contributed by atoms with Gasteiger partial charge in [0.05, 0.1) is 4.90 Å². The molecule has 3 rings (SSSR count). The molecule has 1 aromatic rings. The summed E-state index contributed by atoms with van der Waals surface area (Å²) < 4.78 is 26.9. The molecule has 2 N–H and O–H groups in total. The first-order chi connectivity index (χ1) is 11.9. The molecule has 6 nitrogen and oxygen atoms in total. The van der Waals surface area contributed by atoms with Crippen LogP contribution in [0.25, 0.3) is 0 Å². The fourth-order valence-corrected chi connectivity index (χ4v) is 4.34. The summed E-state index contributed by atoms with van der Waals surface area (Å²) in [6.07, 6.45) is 4.90. The maximum Gasteiger partial charge on any atom is 0.240 e. The van der Waals surface area contributed by atoms with E-state index in [0.29, 0.717) is 17.7 Å². The Morgan fingerprint density at radius 3 is 2.32 bits per heavy atom. The molecule has 1 heterocycles. The van der Waals surface area contributed by atoms with Gasteiger partial charge in [-0.15, -0.1) is 0 Å². The van der Waals surface area contributed by atoms with Crippen molar-refractivity contribution in [2.45, 2.75) is 55.5 Å². The first kappa shape index (κ1) is 18.4. The third-order valence-corrected chi connectivity index (χ3v) is 6.39. The topological polar surface area (TPSA) is 78.5 Å². The van der Waals surface area contributed by atoms with Gasteiger partial charge in [-0.25, -0.2) is 13.1 Å². The third-order valence-electron chi connectivity index (χ3n) is 4.86. The number of rotatable bonds is 7. The zero-order chi connectivity index (χ0) is 17.9. The molecule has 25 heavy (non-hydrogen) atoms. The van der Waals surface area contributed by atoms with Crippen LogP contribution in [0.2, 0.25) is 0 Å². The molecule has 1 aliphatic heterocycles. The quantitative estimate of drug-likeness (QED) is 0.763. The monoisotopic (exact) mass is 365 g/mol. The lowest BCUT2D eigenvalue weighted by Gasteiger charge is -2.29. The minimum Gasteiger partial charge on any atom is -0.353 e. The summed E-state index contributed by atoms with van der Waals surface area (Å²) in [5.41, 5.74) is 0.976. The number of hydrogen-bond acceptors (Lipinski definition) is 4. The van der Waals surface area contributed by atoms with Gasteiger partial charge in [0, 0.05) is 18.5 Å². The molecule has 2 aliphatic rings. The van der Waals surface area contributed by atoms with Crippen LogP contribution in [-0.4, -0.2) is 51.4 Å². The van der Waals surface area contributed by atoms with Crippen LogP contribution in [-0.2, 0) is 21.2 Å². The number of benzene rings is 1. The molecule has 138 valence electrons. The standard InChI is InChI=1S/C18H27N3O3S/c1-21-12-10-15(11-13-21)19-18(22)9-4-14-2-7-17(8-3-14)25(23,24)20-16-5-6-16/h2-3,7-8,15-16,20H,4-6,9-13H2,1H3,(H,19,22). The number of carbonyl (C=O) groups is 1. The van der Waals surface area contributed by atoms with Crippen molar-refractivity contribution < 1.29 is 13.2 Å². The molecular formula is C18H27N3O3S. The molecular weight excluding hydrogens is 338 g/mol. The Morgan fingerprint density at radius 2 is 1.72 bits per heavy atom. The lowest BCUT2D eigenvalue weighted by Crippen LogP contribution is -2.43. The molecule has 0 unspecified atom stereocenters. The molecule has 1 amide bonds. The van der Waals surface area contributed by atoms with Crippen LogP contribution in [0.3, 0.4) is 0 Å². The van der Waals surface area contributed by atoms with Crippen molar-refractivity contribution in [1.29, 1.82) is 0 Å². The number of sulfonamides is 1. The lowest BCUT2D eigenvalue weighted by molar-refractivity contribution is -0.122. The molecule has 0 radical (unpaired) electrons. The van der Waals surface area contributed by atoms with Crippen LogP contribution < -0.4 is 10.0 Å². The minimum absolute atomic E-state index is 0.0710. The van der Waals surface area contributed by atoms with Gasteiger partial charge >= 0.3 is 0 Å². The number of nitrogens with zero attached hydrogens (tertiary/aromatic N) is 1. The highest BCUT2D eigenvalue weighted by molar-refractivity contribution is 7.89. The van der Waals surface area contributed by atoms with Crippen molar-refractivity contribution in [1.82, 2.24) is 14.9 Å². The Balaban J connectivity index is 1.45. The normalized spacial score (nSPS) is 19.7. The van der Waals surface area contributed by atoms with Crippen LogP contribution in [0.4, 0.5) is 0 Å². The first-order valence-corrected chi connectivity index (χ1v) is 10.5. The molecule has 1 saturated heterocycles. The van der Waals surface area contributed by atoms with Gasteiger partial charge in [-0.3, -0.25) is 4.79 Å². The largest absolute Gasteiger partial charge is 0.353 e. The van der Waals surface area contributed by atoms with Gasteiger partial charge in [-0.05, 0) is 69.9 Å². The van der Waals surface area contributed by atoms with E-state index < -0.39 is 10.0 Å². The molecule has 0 aromatic heterocycles. The third kappa shape index (κ3) is 5.52. The van der Waals surface area contributed by atoms with Crippen molar-refractivity contribution in [3.63, 3.8) is 0 Å². The highest BCUT2D eigenvalue weighted by Gasteiger charge is 2.27. The number of amides is 1. The Morgan fingerprint density at radius 1 is 1.08 bits per heavy atom. The smallest absolute Gasteiger partial charge is 0.240 e. The molecule has 1 saturated carbocycles. The number of likely N-dealkylation sites (tertiary alicyclic amines) is 1. The zero-order valence-corrected chi connectivity index (χ0v) is 15.5. The van der Waals surface area contributed by atoms with Gasteiger partial charge in [0.15, 0.2) is 0 Å². The van der Waals surface area contributed by atoms with E-state index in [2.05, 4.69) is 22.0 Å². The Kier molecular flexibility index (Phi) is 5.76. The second-order valence-electron chi connectivity index (χ2n) is 7.18. The predicted molar refractivity (Wildman–Crippen MR) is 96.8 cm³/mol. The van der Waals surface area contributed by atoms with E-state index in [0.717, 1.165) is 44.3 Å². The maximum absolute atomic E-state index is 12.1. The van der Waals surface area contributed by atoms with Gasteiger partial charge in [0.25, 0.3) is 0 Å². The van der Waals surface area contributed by atoms with Gasteiger partial charge < -0.3 is 10.2 Å². The van der Waals surface area contributed by atoms with Gasteiger partial charge in [-0.2, -0.15) is 0 Å². The van der Waals surface area contributed by atoms with Crippen molar-refractivity contribution in [3.8, 4) is 0 Å². The van der Waals surface area contributed by atoms with Crippen LogP contribution >= 0.6 is 0 Å². The molecule has 1 aromatic carbocycles. The highest BCUT2D eigenvalue weighted by atomic mass is 32.2. The summed E-state index contributed by atoms with van der Waals surface area (Å²) >= 11 is 0. The number of piperidine rings is 1. The average molecular weight is 365 g/mol. The van der Waals surface area contributed by atoms with E-state index in [-0.39, 0.29) is 18.0 Å². The molecule has 0 bridgehead atoms. The van der Waals surface area contributed by atoms with Gasteiger partial charge in [0.1, 0.15) is 0 Å². The van der Waals surface area contributed by atoms with Crippen molar-refractivity contribution in [3.05, 3.63) is 29.8 Å². The zero-order valence-electron chi connectivity index (χ0n) is 14.7. The molecule has 7 heteroatoms.